The molecule has 1 aromatic carbocycles. The van der Waals surface area contributed by atoms with Crippen LogP contribution in [0.15, 0.2) is 18.2 Å². The summed E-state index contributed by atoms with van der Waals surface area (Å²) >= 11 is 0. The van der Waals surface area contributed by atoms with Gasteiger partial charge in [0, 0.05) is 23.9 Å². The second kappa shape index (κ2) is 4.78. The summed E-state index contributed by atoms with van der Waals surface area (Å²) in [7, 11) is 2.04. The maximum atomic E-state index is 13.3. The molecule has 2 atom stereocenters. The average Bonchev–Trinajstić information content (AvgIpc) is 2.90. The summed E-state index contributed by atoms with van der Waals surface area (Å²) in [5, 5.41) is 3.42. The summed E-state index contributed by atoms with van der Waals surface area (Å²) in [6.45, 7) is 1.98. The van der Waals surface area contributed by atoms with Gasteiger partial charge in [0.25, 0.3) is 0 Å². The van der Waals surface area contributed by atoms with Crippen molar-refractivity contribution in [3.63, 3.8) is 0 Å². The van der Waals surface area contributed by atoms with E-state index in [1.807, 2.05) is 14.0 Å². The molecule has 3 heteroatoms. The highest BCUT2D eigenvalue weighted by Gasteiger charge is 2.57. The van der Waals surface area contributed by atoms with Gasteiger partial charge < -0.3 is 10.1 Å². The van der Waals surface area contributed by atoms with E-state index in [2.05, 4.69) is 5.32 Å². The van der Waals surface area contributed by atoms with Gasteiger partial charge in [0.1, 0.15) is 17.7 Å². The number of hydrogen-bond donors (Lipinski definition) is 1. The van der Waals surface area contributed by atoms with Crippen LogP contribution < -0.4 is 10.1 Å². The molecule has 2 fully saturated rings. The topological polar surface area (TPSA) is 21.3 Å². The smallest absolute Gasteiger partial charge is 0.126 e. The van der Waals surface area contributed by atoms with Gasteiger partial charge in [-0.25, -0.2) is 4.39 Å². The Bertz CT molecular complexity index is 468. The van der Waals surface area contributed by atoms with E-state index in [-0.39, 0.29) is 17.3 Å². The van der Waals surface area contributed by atoms with Crippen molar-refractivity contribution in [3.05, 3.63) is 29.6 Å². The van der Waals surface area contributed by atoms with Gasteiger partial charge in [-0.05, 0) is 38.4 Å². The standard InChI is InChI=1S/C16H22FNO/c1-11-5-6-12(17)9-13(11)19-15-10-14(18-2)16(15)7-3-4-8-16/h5-6,9,14-15,18H,3-4,7-8,10H2,1-2H3. The largest absolute Gasteiger partial charge is 0.489 e. The first kappa shape index (κ1) is 12.9. The lowest BCUT2D eigenvalue weighted by Crippen LogP contribution is -2.63. The first-order valence-corrected chi connectivity index (χ1v) is 7.26. The summed E-state index contributed by atoms with van der Waals surface area (Å²) in [5.74, 6) is 0.497. The molecule has 0 aromatic heterocycles. The van der Waals surface area contributed by atoms with Gasteiger partial charge in [0.2, 0.25) is 0 Å². The molecule has 1 aromatic rings. The molecule has 1 N–H and O–H groups in total. The molecule has 2 unspecified atom stereocenters. The monoisotopic (exact) mass is 263 g/mol. The van der Waals surface area contributed by atoms with Crippen LogP contribution in [0.4, 0.5) is 4.39 Å². The van der Waals surface area contributed by atoms with Gasteiger partial charge in [0.15, 0.2) is 0 Å². The molecule has 2 nitrogen and oxygen atoms in total. The Balaban J connectivity index is 1.78. The summed E-state index contributed by atoms with van der Waals surface area (Å²) in [5.41, 5.74) is 1.30. The van der Waals surface area contributed by atoms with Crippen LogP contribution in [0.2, 0.25) is 0 Å². The second-order valence-corrected chi connectivity index (χ2v) is 6.03. The third-order valence-corrected chi connectivity index (χ3v) is 5.09. The number of rotatable bonds is 3. The van der Waals surface area contributed by atoms with Crippen LogP contribution in [0, 0.1) is 18.2 Å². The fourth-order valence-electron chi connectivity index (χ4n) is 3.88. The van der Waals surface area contributed by atoms with Gasteiger partial charge >= 0.3 is 0 Å². The lowest BCUT2D eigenvalue weighted by molar-refractivity contribution is -0.0740. The van der Waals surface area contributed by atoms with Crippen molar-refractivity contribution >= 4 is 0 Å². The maximum Gasteiger partial charge on any atom is 0.126 e. The predicted molar refractivity (Wildman–Crippen MR) is 73.9 cm³/mol. The normalized spacial score (nSPS) is 28.4. The SMILES string of the molecule is CNC1CC(Oc2cc(F)ccc2C)C12CCCC2. The van der Waals surface area contributed by atoms with Crippen molar-refractivity contribution in [1.82, 2.24) is 5.32 Å². The van der Waals surface area contributed by atoms with Crippen LogP contribution in [-0.4, -0.2) is 19.2 Å². The molecule has 2 aliphatic carbocycles. The fourth-order valence-corrected chi connectivity index (χ4v) is 3.88. The third kappa shape index (κ3) is 2.04. The van der Waals surface area contributed by atoms with Crippen LogP contribution in [-0.2, 0) is 0 Å². The van der Waals surface area contributed by atoms with E-state index in [0.717, 1.165) is 12.0 Å². The van der Waals surface area contributed by atoms with Gasteiger partial charge in [-0.2, -0.15) is 0 Å². The van der Waals surface area contributed by atoms with Crippen molar-refractivity contribution in [2.24, 2.45) is 5.41 Å². The van der Waals surface area contributed by atoms with Crippen LogP contribution in [0.3, 0.4) is 0 Å². The van der Waals surface area contributed by atoms with E-state index in [1.54, 1.807) is 6.07 Å². The summed E-state index contributed by atoms with van der Waals surface area (Å²) < 4.78 is 19.5. The molecule has 3 rings (SSSR count). The molecule has 0 radical (unpaired) electrons. The molecule has 0 heterocycles. The quantitative estimate of drug-likeness (QED) is 0.902. The number of benzene rings is 1. The van der Waals surface area contributed by atoms with Gasteiger partial charge in [-0.1, -0.05) is 18.9 Å². The van der Waals surface area contributed by atoms with E-state index in [1.165, 1.54) is 37.8 Å². The highest BCUT2D eigenvalue weighted by atomic mass is 19.1. The predicted octanol–water partition coefficient (Wildman–Crippen LogP) is 3.43. The Hall–Kier alpha value is -1.09. The number of aryl methyl sites for hydroxylation is 1. The Kier molecular flexibility index (Phi) is 3.25. The highest BCUT2D eigenvalue weighted by molar-refractivity contribution is 5.33. The lowest BCUT2D eigenvalue weighted by atomic mass is 9.60. The minimum absolute atomic E-state index is 0.217. The molecule has 2 saturated carbocycles. The van der Waals surface area contributed by atoms with E-state index >= 15 is 0 Å². The fraction of sp³-hybridized carbons (Fsp3) is 0.625. The minimum atomic E-state index is -0.217. The van der Waals surface area contributed by atoms with Gasteiger partial charge in [0.05, 0.1) is 0 Å². The van der Waals surface area contributed by atoms with Crippen LogP contribution in [0.5, 0.6) is 5.75 Å². The minimum Gasteiger partial charge on any atom is -0.489 e. The van der Waals surface area contributed by atoms with Crippen molar-refractivity contribution < 1.29 is 9.13 Å². The molecule has 0 bridgehead atoms. The molecule has 0 saturated heterocycles. The zero-order chi connectivity index (χ0) is 13.5. The van der Waals surface area contributed by atoms with E-state index < -0.39 is 0 Å². The summed E-state index contributed by atoms with van der Waals surface area (Å²) in [4.78, 5) is 0. The molecule has 1 spiro atoms. The van der Waals surface area contributed by atoms with Crippen LogP contribution >= 0.6 is 0 Å². The van der Waals surface area contributed by atoms with E-state index in [0.29, 0.717) is 11.8 Å². The van der Waals surface area contributed by atoms with Crippen molar-refractivity contribution in [2.75, 3.05) is 7.05 Å². The van der Waals surface area contributed by atoms with Crippen molar-refractivity contribution in [2.45, 2.75) is 51.2 Å². The van der Waals surface area contributed by atoms with E-state index in [4.69, 9.17) is 4.74 Å². The number of ether oxygens (including phenoxy) is 1. The van der Waals surface area contributed by atoms with E-state index in [9.17, 15) is 4.39 Å². The number of nitrogens with one attached hydrogen (secondary N) is 1. The van der Waals surface area contributed by atoms with Crippen molar-refractivity contribution in [3.8, 4) is 5.75 Å². The lowest BCUT2D eigenvalue weighted by Gasteiger charge is -2.53. The first-order valence-electron chi connectivity index (χ1n) is 7.26. The zero-order valence-electron chi connectivity index (χ0n) is 11.7. The molecule has 0 amide bonds. The Morgan fingerprint density at radius 3 is 2.74 bits per heavy atom. The number of halogens is 1. The second-order valence-electron chi connectivity index (χ2n) is 6.03. The summed E-state index contributed by atoms with van der Waals surface area (Å²) in [6, 6.07) is 5.36. The Morgan fingerprint density at radius 2 is 2.05 bits per heavy atom. The molecule has 0 aliphatic heterocycles. The van der Waals surface area contributed by atoms with Crippen molar-refractivity contribution in [1.29, 1.82) is 0 Å². The molecule has 104 valence electrons. The summed E-state index contributed by atoms with van der Waals surface area (Å²) in [6.07, 6.45) is 6.33. The van der Waals surface area contributed by atoms with Crippen LogP contribution in [0.25, 0.3) is 0 Å². The zero-order valence-corrected chi connectivity index (χ0v) is 11.7. The first-order chi connectivity index (χ1) is 9.15. The third-order valence-electron chi connectivity index (χ3n) is 5.09. The van der Waals surface area contributed by atoms with Gasteiger partial charge in [-0.3, -0.25) is 0 Å². The van der Waals surface area contributed by atoms with Crippen LogP contribution in [0.1, 0.15) is 37.7 Å². The van der Waals surface area contributed by atoms with Gasteiger partial charge in [-0.15, -0.1) is 0 Å². The Labute approximate surface area is 114 Å². The molecule has 19 heavy (non-hydrogen) atoms. The average molecular weight is 263 g/mol. The number of hydrogen-bond acceptors (Lipinski definition) is 2. The molecular weight excluding hydrogens is 241 g/mol. The molecule has 2 aliphatic rings. The Morgan fingerprint density at radius 1 is 1.32 bits per heavy atom. The highest BCUT2D eigenvalue weighted by Crippen LogP contribution is 2.54. The molecular formula is C16H22FNO. The maximum absolute atomic E-state index is 13.3.